The first kappa shape index (κ1) is 20.3. The summed E-state index contributed by atoms with van der Waals surface area (Å²) in [4.78, 5) is 30.9. The van der Waals surface area contributed by atoms with E-state index < -0.39 is 29.7 Å². The topological polar surface area (TPSA) is 74.9 Å². The minimum atomic E-state index is -2.86. The van der Waals surface area contributed by atoms with E-state index in [0.717, 1.165) is 0 Å². The number of anilines is 1. The molecule has 30 heavy (non-hydrogen) atoms. The number of rotatable bonds is 5. The van der Waals surface area contributed by atoms with Crippen LogP contribution >= 0.6 is 11.6 Å². The van der Waals surface area contributed by atoms with Gasteiger partial charge in [-0.2, -0.15) is 0 Å². The Bertz CT molecular complexity index is 1120. The number of ketones is 1. The number of imidazole rings is 1. The van der Waals surface area contributed by atoms with Gasteiger partial charge in [-0.3, -0.25) is 14.0 Å². The van der Waals surface area contributed by atoms with E-state index in [9.17, 15) is 23.5 Å². The van der Waals surface area contributed by atoms with Gasteiger partial charge in [-0.15, -0.1) is 0 Å². The van der Waals surface area contributed by atoms with Crippen LogP contribution in [0.4, 0.5) is 14.6 Å². The predicted octanol–water partition coefficient (Wildman–Crippen LogP) is 4.46. The Balaban J connectivity index is 1.77. The summed E-state index contributed by atoms with van der Waals surface area (Å²) in [5.74, 6) is -1.42. The largest absolute Gasteiger partial charge is 0.481 e. The molecular weight excluding hydrogens is 416 g/mol. The highest BCUT2D eigenvalue weighted by Crippen LogP contribution is 2.32. The normalized spacial score (nSPS) is 15.1. The first-order valence-electron chi connectivity index (χ1n) is 9.44. The standard InChI is InChI=1S/C21H18ClF2N3O3/c22-14-5-3-4-13(18(23)24)16(14)17(28)20-25-19(15-6-1-2-9-27(15)20)26-10-7-12(8-11-26)21(29)30/h1-6,9,12,18H,7-8,10-11H2,(H,29,30). The third-order valence-corrected chi connectivity index (χ3v) is 5.70. The second kappa shape index (κ2) is 8.02. The van der Waals surface area contributed by atoms with E-state index in [-0.39, 0.29) is 16.4 Å². The van der Waals surface area contributed by atoms with Crippen molar-refractivity contribution in [3.05, 3.63) is 64.6 Å². The summed E-state index contributed by atoms with van der Waals surface area (Å²) in [7, 11) is 0. The fourth-order valence-electron chi connectivity index (χ4n) is 3.83. The van der Waals surface area contributed by atoms with Gasteiger partial charge in [0, 0.05) is 24.8 Å². The van der Waals surface area contributed by atoms with Crippen LogP contribution in [0, 0.1) is 5.92 Å². The van der Waals surface area contributed by atoms with Crippen molar-refractivity contribution in [2.75, 3.05) is 18.0 Å². The van der Waals surface area contributed by atoms with E-state index in [1.807, 2.05) is 4.90 Å². The molecule has 1 saturated heterocycles. The lowest BCUT2D eigenvalue weighted by atomic mass is 9.97. The highest BCUT2D eigenvalue weighted by molar-refractivity contribution is 6.35. The van der Waals surface area contributed by atoms with E-state index in [1.165, 1.54) is 18.2 Å². The van der Waals surface area contributed by atoms with Gasteiger partial charge in [-0.1, -0.05) is 29.8 Å². The van der Waals surface area contributed by atoms with Gasteiger partial charge in [0.1, 0.15) is 0 Å². The fraction of sp³-hybridized carbons (Fsp3) is 0.286. The molecule has 0 bridgehead atoms. The number of fused-ring (bicyclic) bond motifs is 1. The van der Waals surface area contributed by atoms with Gasteiger partial charge < -0.3 is 10.0 Å². The number of carbonyl (C=O) groups excluding carboxylic acids is 1. The molecule has 1 fully saturated rings. The SMILES string of the molecule is O=C(c1c(Cl)cccc1C(F)F)c1nc(N2CCC(C(=O)O)CC2)c2ccccn12. The first-order chi connectivity index (χ1) is 14.4. The monoisotopic (exact) mass is 433 g/mol. The summed E-state index contributed by atoms with van der Waals surface area (Å²) in [6, 6.07) is 9.24. The third kappa shape index (κ3) is 3.52. The summed E-state index contributed by atoms with van der Waals surface area (Å²) in [6.45, 7) is 0.946. The number of hydrogen-bond donors (Lipinski definition) is 1. The molecule has 0 amide bonds. The second-order valence-corrected chi connectivity index (χ2v) is 7.56. The third-order valence-electron chi connectivity index (χ3n) is 5.38. The highest BCUT2D eigenvalue weighted by atomic mass is 35.5. The summed E-state index contributed by atoms with van der Waals surface area (Å²) in [6.07, 6.45) is -0.292. The molecule has 0 spiro atoms. The van der Waals surface area contributed by atoms with Crippen molar-refractivity contribution in [2.45, 2.75) is 19.3 Å². The number of aliphatic carboxylic acids is 1. The van der Waals surface area contributed by atoms with Crippen molar-refractivity contribution >= 4 is 34.7 Å². The molecule has 1 aliphatic heterocycles. The van der Waals surface area contributed by atoms with E-state index in [1.54, 1.807) is 28.8 Å². The van der Waals surface area contributed by atoms with Gasteiger partial charge in [-0.25, -0.2) is 13.8 Å². The van der Waals surface area contributed by atoms with Gasteiger partial charge in [0.05, 0.1) is 22.0 Å². The van der Waals surface area contributed by atoms with Crippen LogP contribution < -0.4 is 4.90 Å². The van der Waals surface area contributed by atoms with Crippen molar-refractivity contribution < 1.29 is 23.5 Å². The number of alkyl halides is 2. The van der Waals surface area contributed by atoms with Crippen LogP contribution in [-0.4, -0.2) is 39.3 Å². The summed E-state index contributed by atoms with van der Waals surface area (Å²) in [5, 5.41) is 9.15. The number of hydrogen-bond acceptors (Lipinski definition) is 4. The van der Waals surface area contributed by atoms with Gasteiger partial charge >= 0.3 is 5.97 Å². The minimum absolute atomic E-state index is 0.0176. The molecular formula is C21H18ClF2N3O3. The van der Waals surface area contributed by atoms with Crippen molar-refractivity contribution in [3.8, 4) is 0 Å². The molecule has 156 valence electrons. The van der Waals surface area contributed by atoms with Crippen LogP contribution in [0.1, 0.15) is 41.0 Å². The van der Waals surface area contributed by atoms with E-state index >= 15 is 0 Å². The zero-order chi connectivity index (χ0) is 21.4. The van der Waals surface area contributed by atoms with Crippen molar-refractivity contribution in [1.29, 1.82) is 0 Å². The molecule has 6 nitrogen and oxygen atoms in total. The number of aromatic nitrogens is 2. The quantitative estimate of drug-likeness (QED) is 0.601. The van der Waals surface area contributed by atoms with Crippen LogP contribution in [-0.2, 0) is 4.79 Å². The number of carboxylic acids is 1. The molecule has 2 aromatic heterocycles. The molecule has 4 rings (SSSR count). The lowest BCUT2D eigenvalue weighted by Crippen LogP contribution is -2.36. The van der Waals surface area contributed by atoms with Crippen molar-refractivity contribution in [2.24, 2.45) is 5.92 Å². The Kier molecular flexibility index (Phi) is 5.42. The molecule has 0 saturated carbocycles. The predicted molar refractivity (Wildman–Crippen MR) is 108 cm³/mol. The lowest BCUT2D eigenvalue weighted by Gasteiger charge is -2.30. The minimum Gasteiger partial charge on any atom is -0.481 e. The van der Waals surface area contributed by atoms with Gasteiger partial charge in [-0.05, 0) is 31.0 Å². The molecule has 1 N–H and O–H groups in total. The molecule has 0 unspecified atom stereocenters. The smallest absolute Gasteiger partial charge is 0.306 e. The van der Waals surface area contributed by atoms with Gasteiger partial charge in [0.15, 0.2) is 11.6 Å². The molecule has 0 atom stereocenters. The van der Waals surface area contributed by atoms with E-state index in [0.29, 0.717) is 37.3 Å². The summed E-state index contributed by atoms with van der Waals surface area (Å²) >= 11 is 6.11. The zero-order valence-electron chi connectivity index (χ0n) is 15.8. The Labute approximate surface area is 175 Å². The average Bonchev–Trinajstić information content (AvgIpc) is 3.13. The average molecular weight is 434 g/mol. The molecule has 1 aromatic carbocycles. The van der Waals surface area contributed by atoms with Gasteiger partial charge in [0.2, 0.25) is 5.78 Å². The van der Waals surface area contributed by atoms with Crippen LogP contribution in [0.2, 0.25) is 5.02 Å². The number of nitrogens with zero attached hydrogens (tertiary/aromatic N) is 3. The Morgan fingerprint density at radius 1 is 1.13 bits per heavy atom. The van der Waals surface area contributed by atoms with Gasteiger partial charge in [0.25, 0.3) is 6.43 Å². The fourth-order valence-corrected chi connectivity index (χ4v) is 4.09. The zero-order valence-corrected chi connectivity index (χ0v) is 16.5. The molecule has 0 radical (unpaired) electrons. The maximum Gasteiger partial charge on any atom is 0.306 e. The molecule has 0 aliphatic carbocycles. The van der Waals surface area contributed by atoms with Crippen LogP contribution in [0.3, 0.4) is 0 Å². The number of halogens is 3. The second-order valence-electron chi connectivity index (χ2n) is 7.15. The van der Waals surface area contributed by atoms with E-state index in [2.05, 4.69) is 4.98 Å². The number of benzene rings is 1. The summed E-state index contributed by atoms with van der Waals surface area (Å²) in [5.41, 5.74) is -0.0645. The van der Waals surface area contributed by atoms with Crippen LogP contribution in [0.25, 0.3) is 5.52 Å². The molecule has 3 aromatic rings. The number of piperidine rings is 1. The van der Waals surface area contributed by atoms with Crippen LogP contribution in [0.15, 0.2) is 42.6 Å². The van der Waals surface area contributed by atoms with Crippen molar-refractivity contribution in [1.82, 2.24) is 9.38 Å². The summed E-state index contributed by atoms with van der Waals surface area (Å²) < 4.78 is 28.6. The lowest BCUT2D eigenvalue weighted by molar-refractivity contribution is -0.142. The van der Waals surface area contributed by atoms with Crippen molar-refractivity contribution in [3.63, 3.8) is 0 Å². The molecule has 9 heteroatoms. The first-order valence-corrected chi connectivity index (χ1v) is 9.82. The number of pyridine rings is 1. The Morgan fingerprint density at radius 2 is 1.87 bits per heavy atom. The Hall–Kier alpha value is -3.00. The van der Waals surface area contributed by atoms with E-state index in [4.69, 9.17) is 11.6 Å². The maximum atomic E-state index is 13.5. The number of carboxylic acid groups (broad SMARTS) is 1. The Morgan fingerprint density at radius 3 is 2.53 bits per heavy atom. The molecule has 3 heterocycles. The highest BCUT2D eigenvalue weighted by Gasteiger charge is 2.30. The van der Waals surface area contributed by atoms with Crippen LogP contribution in [0.5, 0.6) is 0 Å². The maximum absolute atomic E-state index is 13.5. The molecule has 1 aliphatic rings. The number of carbonyl (C=O) groups is 2.